The van der Waals surface area contributed by atoms with E-state index < -0.39 is 0 Å². The van der Waals surface area contributed by atoms with Crippen molar-refractivity contribution in [2.45, 2.75) is 18.5 Å². The Labute approximate surface area is 105 Å². The van der Waals surface area contributed by atoms with E-state index in [0.29, 0.717) is 0 Å². The first kappa shape index (κ1) is 11.9. The summed E-state index contributed by atoms with van der Waals surface area (Å²) in [5.41, 5.74) is 2.34. The summed E-state index contributed by atoms with van der Waals surface area (Å²) in [6, 6.07) is 1.94. The highest BCUT2D eigenvalue weighted by molar-refractivity contribution is 7.98. The van der Waals surface area contributed by atoms with Crippen LogP contribution in [0.1, 0.15) is 11.3 Å². The van der Waals surface area contributed by atoms with Crippen LogP contribution in [0.25, 0.3) is 0 Å². The topological polar surface area (TPSA) is 55.6 Å². The molecule has 6 heteroatoms. The lowest BCUT2D eigenvalue weighted by atomic mass is 10.2. The summed E-state index contributed by atoms with van der Waals surface area (Å²) in [7, 11) is 1.94. The first-order valence-electron chi connectivity index (χ1n) is 5.28. The molecular formula is C11H15N5S. The van der Waals surface area contributed by atoms with Crippen molar-refractivity contribution >= 4 is 17.6 Å². The standard InChI is InChI=1S/C11H15N5S/c1-8-9(6-15-16(8)2)5-12-10-4-11(17-3)14-7-13-10/h4,6-7H,5H2,1-3H3,(H,12,13,14). The molecule has 1 N–H and O–H groups in total. The largest absolute Gasteiger partial charge is 0.366 e. The quantitative estimate of drug-likeness (QED) is 0.662. The minimum Gasteiger partial charge on any atom is -0.366 e. The Bertz CT molecular complexity index is 508. The molecule has 2 rings (SSSR count). The van der Waals surface area contributed by atoms with Crippen molar-refractivity contribution < 1.29 is 0 Å². The third-order valence-electron chi connectivity index (χ3n) is 2.65. The highest BCUT2D eigenvalue weighted by atomic mass is 32.2. The lowest BCUT2D eigenvalue weighted by Crippen LogP contribution is -2.03. The van der Waals surface area contributed by atoms with Crippen LogP contribution in [0.2, 0.25) is 0 Å². The van der Waals surface area contributed by atoms with E-state index in [1.165, 1.54) is 5.56 Å². The molecule has 90 valence electrons. The molecule has 0 fully saturated rings. The summed E-state index contributed by atoms with van der Waals surface area (Å²) in [6.45, 7) is 2.78. The van der Waals surface area contributed by atoms with Crippen LogP contribution in [0.4, 0.5) is 5.82 Å². The maximum Gasteiger partial charge on any atom is 0.130 e. The molecule has 0 aromatic carbocycles. The van der Waals surface area contributed by atoms with E-state index in [1.807, 2.05) is 30.2 Å². The van der Waals surface area contributed by atoms with Gasteiger partial charge >= 0.3 is 0 Å². The minimum absolute atomic E-state index is 0.727. The minimum atomic E-state index is 0.727. The van der Waals surface area contributed by atoms with E-state index in [1.54, 1.807) is 18.1 Å². The molecule has 0 aliphatic rings. The van der Waals surface area contributed by atoms with Crippen molar-refractivity contribution in [1.82, 2.24) is 19.7 Å². The van der Waals surface area contributed by atoms with Crippen LogP contribution in [0.5, 0.6) is 0 Å². The molecule has 2 aromatic heterocycles. The third-order valence-corrected chi connectivity index (χ3v) is 3.29. The molecule has 0 bridgehead atoms. The molecule has 0 saturated heterocycles. The fraction of sp³-hybridized carbons (Fsp3) is 0.364. The van der Waals surface area contributed by atoms with Gasteiger partial charge in [-0.15, -0.1) is 11.8 Å². The maximum absolute atomic E-state index is 4.20. The van der Waals surface area contributed by atoms with Gasteiger partial charge in [-0.2, -0.15) is 5.10 Å². The zero-order valence-corrected chi connectivity index (χ0v) is 11.0. The van der Waals surface area contributed by atoms with Crippen LogP contribution in [0.3, 0.4) is 0 Å². The molecule has 0 saturated carbocycles. The van der Waals surface area contributed by atoms with Crippen molar-refractivity contribution in [3.8, 4) is 0 Å². The van der Waals surface area contributed by atoms with Gasteiger partial charge in [0, 0.05) is 30.9 Å². The van der Waals surface area contributed by atoms with Gasteiger partial charge in [0.2, 0.25) is 0 Å². The van der Waals surface area contributed by atoms with Gasteiger partial charge in [0.15, 0.2) is 0 Å². The van der Waals surface area contributed by atoms with Gasteiger partial charge in [-0.25, -0.2) is 9.97 Å². The maximum atomic E-state index is 4.20. The molecule has 0 atom stereocenters. The second kappa shape index (κ2) is 5.18. The molecule has 0 aliphatic heterocycles. The summed E-state index contributed by atoms with van der Waals surface area (Å²) in [4.78, 5) is 8.31. The number of rotatable bonds is 4. The van der Waals surface area contributed by atoms with Gasteiger partial charge in [-0.1, -0.05) is 0 Å². The van der Waals surface area contributed by atoms with Crippen molar-refractivity contribution in [2.24, 2.45) is 7.05 Å². The summed E-state index contributed by atoms with van der Waals surface area (Å²) in [5, 5.41) is 8.44. The molecule has 0 amide bonds. The monoisotopic (exact) mass is 249 g/mol. The number of hydrogen-bond acceptors (Lipinski definition) is 5. The average Bonchev–Trinajstić information content (AvgIpc) is 2.68. The van der Waals surface area contributed by atoms with Crippen LogP contribution in [0, 0.1) is 6.92 Å². The van der Waals surface area contributed by atoms with E-state index in [0.717, 1.165) is 23.1 Å². The Morgan fingerprint density at radius 2 is 2.24 bits per heavy atom. The van der Waals surface area contributed by atoms with Gasteiger partial charge in [-0.05, 0) is 13.2 Å². The summed E-state index contributed by atoms with van der Waals surface area (Å²) < 4.78 is 1.87. The lowest BCUT2D eigenvalue weighted by molar-refractivity contribution is 0.738. The molecule has 0 radical (unpaired) electrons. The lowest BCUT2D eigenvalue weighted by Gasteiger charge is -2.05. The van der Waals surface area contributed by atoms with Gasteiger partial charge in [0.1, 0.15) is 17.2 Å². The molecule has 5 nitrogen and oxygen atoms in total. The normalized spacial score (nSPS) is 10.5. The van der Waals surface area contributed by atoms with Crippen molar-refractivity contribution in [1.29, 1.82) is 0 Å². The van der Waals surface area contributed by atoms with Crippen LogP contribution in [-0.4, -0.2) is 26.0 Å². The molecular weight excluding hydrogens is 234 g/mol. The molecule has 0 aliphatic carbocycles. The van der Waals surface area contributed by atoms with Gasteiger partial charge < -0.3 is 5.32 Å². The second-order valence-electron chi connectivity index (χ2n) is 3.68. The molecule has 0 spiro atoms. The number of hydrogen-bond donors (Lipinski definition) is 1. The summed E-state index contributed by atoms with van der Waals surface area (Å²) in [6.07, 6.45) is 5.45. The smallest absolute Gasteiger partial charge is 0.130 e. The van der Waals surface area contributed by atoms with Crippen LogP contribution in [0.15, 0.2) is 23.6 Å². The Hall–Kier alpha value is -1.56. The van der Waals surface area contributed by atoms with E-state index in [2.05, 4.69) is 27.3 Å². The SMILES string of the molecule is CSc1cc(NCc2cnn(C)c2C)ncn1. The molecule has 2 aromatic rings. The number of nitrogens with zero attached hydrogens (tertiary/aromatic N) is 4. The molecule has 17 heavy (non-hydrogen) atoms. The van der Waals surface area contributed by atoms with Crippen LogP contribution >= 0.6 is 11.8 Å². The summed E-state index contributed by atoms with van der Waals surface area (Å²) in [5.74, 6) is 0.840. The van der Waals surface area contributed by atoms with Crippen LogP contribution < -0.4 is 5.32 Å². The number of anilines is 1. The Morgan fingerprint density at radius 1 is 1.41 bits per heavy atom. The Balaban J connectivity index is 2.04. The Morgan fingerprint density at radius 3 is 2.88 bits per heavy atom. The van der Waals surface area contributed by atoms with Gasteiger partial charge in [0.05, 0.1) is 6.20 Å². The van der Waals surface area contributed by atoms with Crippen molar-refractivity contribution in [3.05, 3.63) is 29.8 Å². The highest BCUT2D eigenvalue weighted by Gasteiger charge is 2.04. The van der Waals surface area contributed by atoms with E-state index in [9.17, 15) is 0 Å². The Kier molecular flexibility index (Phi) is 3.63. The number of nitrogens with one attached hydrogen (secondary N) is 1. The van der Waals surface area contributed by atoms with Gasteiger partial charge in [0.25, 0.3) is 0 Å². The molecule has 2 heterocycles. The van der Waals surface area contributed by atoms with Crippen molar-refractivity contribution in [3.63, 3.8) is 0 Å². The number of aromatic nitrogens is 4. The molecule has 0 unspecified atom stereocenters. The second-order valence-corrected chi connectivity index (χ2v) is 4.50. The first-order chi connectivity index (χ1) is 8.20. The van der Waals surface area contributed by atoms with Crippen molar-refractivity contribution in [2.75, 3.05) is 11.6 Å². The third kappa shape index (κ3) is 2.76. The average molecular weight is 249 g/mol. The van der Waals surface area contributed by atoms with Crippen LogP contribution in [-0.2, 0) is 13.6 Å². The fourth-order valence-electron chi connectivity index (χ4n) is 1.45. The highest BCUT2D eigenvalue weighted by Crippen LogP contribution is 2.15. The zero-order chi connectivity index (χ0) is 12.3. The van der Waals surface area contributed by atoms with Gasteiger partial charge in [-0.3, -0.25) is 4.68 Å². The first-order valence-corrected chi connectivity index (χ1v) is 6.50. The van der Waals surface area contributed by atoms with E-state index >= 15 is 0 Å². The van der Waals surface area contributed by atoms with E-state index in [-0.39, 0.29) is 0 Å². The zero-order valence-electron chi connectivity index (χ0n) is 10.1. The number of aryl methyl sites for hydroxylation is 1. The fourth-order valence-corrected chi connectivity index (χ4v) is 1.83. The number of thioether (sulfide) groups is 1. The van der Waals surface area contributed by atoms with E-state index in [4.69, 9.17) is 0 Å². The predicted octanol–water partition coefficient (Wildman–Crippen LogP) is 1.85. The predicted molar refractivity (Wildman–Crippen MR) is 69.1 cm³/mol. The summed E-state index contributed by atoms with van der Waals surface area (Å²) >= 11 is 1.60.